The molecule has 0 radical (unpaired) electrons. The number of alkyl halides is 2. The molecule has 1 aromatic heterocycles. The molecule has 2 heterocycles. The van der Waals surface area contributed by atoms with E-state index >= 15 is 0 Å². The molecule has 3 rings (SSSR count). The highest BCUT2D eigenvalue weighted by Crippen LogP contribution is 2.60. The number of aryl methyl sites for hydroxylation is 2. The highest BCUT2D eigenvalue weighted by Gasteiger charge is 2.52. The quantitative estimate of drug-likeness (QED) is 0.576. The molecule has 1 aliphatic rings. The Morgan fingerprint density at radius 2 is 1.86 bits per heavy atom. The fraction of sp³-hybridized carbons (Fsp3) is 0.368. The lowest BCUT2D eigenvalue weighted by Gasteiger charge is -2.25. The summed E-state index contributed by atoms with van der Waals surface area (Å²) in [5.41, 5.74) is 1.00. The second-order valence-corrected chi connectivity index (χ2v) is 8.29. The van der Waals surface area contributed by atoms with Crippen LogP contribution in [0.5, 0.6) is 5.75 Å². The van der Waals surface area contributed by atoms with Gasteiger partial charge in [0.1, 0.15) is 19.0 Å². The normalized spacial score (nSPS) is 16.0. The number of benzene rings is 1. The van der Waals surface area contributed by atoms with E-state index < -0.39 is 20.5 Å². The van der Waals surface area contributed by atoms with Crippen LogP contribution in [0.3, 0.4) is 0 Å². The summed E-state index contributed by atoms with van der Waals surface area (Å²) in [6.07, 6.45) is 0.588. The highest BCUT2D eigenvalue weighted by atomic mass is 31.2. The minimum absolute atomic E-state index is 0.0182. The number of para-hydroxylation sites is 1. The van der Waals surface area contributed by atoms with Gasteiger partial charge < -0.3 is 9.47 Å². The van der Waals surface area contributed by atoms with E-state index in [9.17, 15) is 18.5 Å². The molecular weight excluding hydrogens is 407 g/mol. The zero-order valence-electron chi connectivity index (χ0n) is 16.1. The van der Waals surface area contributed by atoms with Gasteiger partial charge in [-0.1, -0.05) is 18.2 Å². The molecule has 7 nitrogen and oxygen atoms in total. The number of aromatic nitrogens is 1. The van der Waals surface area contributed by atoms with Crippen LogP contribution in [-0.2, 0) is 13.8 Å². The maximum absolute atomic E-state index is 13.0. The standard InChI is InChI=1S/C19H21F2NO6P/c1-11-15(18(23)25-3)16(13-7-4-5-8-14(13)28-19(20)21)17(12(2)22-11)29(24)26-9-6-10-27-29/h4-5,7-8,19,24H,6,9-10H2,1-3H3/q+1. The monoisotopic (exact) mass is 428 g/mol. The Hall–Kier alpha value is -2.19. The van der Waals surface area contributed by atoms with Crippen molar-refractivity contribution in [2.75, 3.05) is 20.3 Å². The molecule has 0 unspecified atom stereocenters. The first-order chi connectivity index (χ1) is 13.8. The van der Waals surface area contributed by atoms with E-state index in [-0.39, 0.29) is 41.0 Å². The van der Waals surface area contributed by atoms with Crippen LogP contribution in [0, 0.1) is 13.8 Å². The van der Waals surface area contributed by atoms with Gasteiger partial charge in [-0.2, -0.15) is 22.7 Å². The van der Waals surface area contributed by atoms with Crippen LogP contribution in [-0.4, -0.2) is 42.8 Å². The number of halogens is 2. The molecule has 1 aliphatic heterocycles. The van der Waals surface area contributed by atoms with Crippen molar-refractivity contribution in [3.63, 3.8) is 0 Å². The number of carbonyl (C=O) groups excluding carboxylic acids is 1. The average Bonchev–Trinajstić information content (AvgIpc) is 2.67. The van der Waals surface area contributed by atoms with Crippen LogP contribution < -0.4 is 10.0 Å². The van der Waals surface area contributed by atoms with Crippen molar-refractivity contribution in [1.29, 1.82) is 0 Å². The topological polar surface area (TPSA) is 87.1 Å². The molecule has 29 heavy (non-hydrogen) atoms. The number of hydrogen-bond donors (Lipinski definition) is 1. The zero-order valence-corrected chi connectivity index (χ0v) is 17.0. The molecule has 1 N–H and O–H groups in total. The predicted octanol–water partition coefficient (Wildman–Crippen LogP) is 3.57. The largest absolute Gasteiger partial charge is 0.465 e. The van der Waals surface area contributed by atoms with Gasteiger partial charge in [0.05, 0.1) is 29.6 Å². The summed E-state index contributed by atoms with van der Waals surface area (Å²) in [4.78, 5) is 28.2. The van der Waals surface area contributed by atoms with Gasteiger partial charge in [-0.05, 0) is 19.9 Å². The lowest BCUT2D eigenvalue weighted by Crippen LogP contribution is -2.29. The number of carbonyl (C=O) groups is 1. The number of rotatable bonds is 5. The van der Waals surface area contributed by atoms with Gasteiger partial charge in [-0.15, -0.1) is 0 Å². The van der Waals surface area contributed by atoms with Crippen molar-refractivity contribution in [3.8, 4) is 16.9 Å². The van der Waals surface area contributed by atoms with Crippen molar-refractivity contribution >= 4 is 19.2 Å². The number of nitrogens with zero attached hydrogens (tertiary/aromatic N) is 1. The van der Waals surface area contributed by atoms with Crippen LogP contribution in [0.1, 0.15) is 28.2 Å². The van der Waals surface area contributed by atoms with Gasteiger partial charge in [-0.25, -0.2) is 4.79 Å². The molecule has 0 spiro atoms. The van der Waals surface area contributed by atoms with E-state index in [1.807, 2.05) is 0 Å². The van der Waals surface area contributed by atoms with Gasteiger partial charge in [0.2, 0.25) is 5.30 Å². The van der Waals surface area contributed by atoms with Gasteiger partial charge >= 0.3 is 20.5 Å². The molecule has 0 atom stereocenters. The SMILES string of the molecule is COC(=O)c1c(C)nc(C)c([P+]2(O)OCCCO2)c1-c1ccccc1OC(F)F. The lowest BCUT2D eigenvalue weighted by atomic mass is 9.97. The summed E-state index contributed by atoms with van der Waals surface area (Å²) in [6, 6.07) is 5.99. The summed E-state index contributed by atoms with van der Waals surface area (Å²) >= 11 is 0. The second kappa shape index (κ2) is 8.67. The number of pyridine rings is 1. The minimum Gasteiger partial charge on any atom is -0.465 e. The molecule has 1 saturated heterocycles. The van der Waals surface area contributed by atoms with E-state index in [1.165, 1.54) is 25.3 Å². The summed E-state index contributed by atoms with van der Waals surface area (Å²) in [5.74, 6) is -0.899. The third kappa shape index (κ3) is 4.23. The Balaban J connectivity index is 2.39. The second-order valence-electron chi connectivity index (χ2n) is 6.29. The highest BCUT2D eigenvalue weighted by molar-refractivity contribution is 7.69. The summed E-state index contributed by atoms with van der Waals surface area (Å²) in [6.45, 7) is 0.640. The number of esters is 1. The third-order valence-corrected chi connectivity index (χ3v) is 6.57. The van der Waals surface area contributed by atoms with Gasteiger partial charge in [0, 0.05) is 12.0 Å². The number of hydrogen-bond acceptors (Lipinski definition) is 7. The fourth-order valence-electron chi connectivity index (χ4n) is 3.27. The first-order valence-corrected chi connectivity index (χ1v) is 10.4. The molecule has 10 heteroatoms. The first-order valence-electron chi connectivity index (χ1n) is 8.83. The van der Waals surface area contributed by atoms with E-state index in [1.54, 1.807) is 19.9 Å². The third-order valence-electron chi connectivity index (χ3n) is 4.39. The lowest BCUT2D eigenvalue weighted by molar-refractivity contribution is -0.0494. The molecule has 0 amide bonds. The van der Waals surface area contributed by atoms with Crippen LogP contribution in [0.2, 0.25) is 0 Å². The predicted molar refractivity (Wildman–Crippen MR) is 102 cm³/mol. The Morgan fingerprint density at radius 1 is 1.21 bits per heavy atom. The maximum atomic E-state index is 13.0. The maximum Gasteiger partial charge on any atom is 0.448 e. The van der Waals surface area contributed by atoms with Crippen molar-refractivity contribution in [1.82, 2.24) is 4.98 Å². The minimum atomic E-state index is -3.62. The van der Waals surface area contributed by atoms with Crippen molar-refractivity contribution in [2.45, 2.75) is 26.9 Å². The van der Waals surface area contributed by atoms with E-state index in [0.717, 1.165) is 0 Å². The Labute approximate surface area is 167 Å². The summed E-state index contributed by atoms with van der Waals surface area (Å²) in [5, 5.41) is 0.147. The molecule has 0 bridgehead atoms. The molecule has 156 valence electrons. The average molecular weight is 428 g/mol. The van der Waals surface area contributed by atoms with Gasteiger partial charge in [0.25, 0.3) is 0 Å². The van der Waals surface area contributed by atoms with E-state index in [2.05, 4.69) is 9.72 Å². The molecule has 1 aromatic carbocycles. The first kappa shape index (κ1) is 21.5. The summed E-state index contributed by atoms with van der Waals surface area (Å²) in [7, 11) is -2.42. The number of methoxy groups -OCH3 is 1. The van der Waals surface area contributed by atoms with E-state index in [0.29, 0.717) is 17.8 Å². The fourth-order valence-corrected chi connectivity index (χ4v) is 5.33. The molecule has 0 saturated carbocycles. The Kier molecular flexibility index (Phi) is 6.43. The van der Waals surface area contributed by atoms with Crippen molar-refractivity contribution < 1.29 is 37.0 Å². The van der Waals surface area contributed by atoms with Crippen LogP contribution in [0.15, 0.2) is 24.3 Å². The molecule has 0 aliphatic carbocycles. The smallest absolute Gasteiger partial charge is 0.448 e. The van der Waals surface area contributed by atoms with E-state index in [4.69, 9.17) is 13.8 Å². The summed E-state index contributed by atoms with van der Waals surface area (Å²) < 4.78 is 46.8. The molecular formula is C19H21F2NO6P+. The Morgan fingerprint density at radius 3 is 2.48 bits per heavy atom. The Bertz CT molecular complexity index is 918. The van der Waals surface area contributed by atoms with Crippen LogP contribution in [0.4, 0.5) is 8.78 Å². The van der Waals surface area contributed by atoms with Crippen LogP contribution in [0.25, 0.3) is 11.1 Å². The zero-order chi connectivity index (χ0) is 21.2. The molecule has 1 fully saturated rings. The van der Waals surface area contributed by atoms with Crippen LogP contribution >= 0.6 is 7.94 Å². The van der Waals surface area contributed by atoms with Gasteiger partial charge in [-0.3, -0.25) is 4.98 Å². The van der Waals surface area contributed by atoms with Crippen molar-refractivity contribution in [3.05, 3.63) is 41.2 Å². The number of ether oxygens (including phenoxy) is 2. The molecule has 2 aromatic rings. The van der Waals surface area contributed by atoms with Crippen molar-refractivity contribution in [2.24, 2.45) is 0 Å². The van der Waals surface area contributed by atoms with Gasteiger partial charge in [0.15, 0.2) is 0 Å².